The number of alkyl halides is 6. The summed E-state index contributed by atoms with van der Waals surface area (Å²) in [7, 11) is 0. The third-order valence-electron chi connectivity index (χ3n) is 6.02. The lowest BCUT2D eigenvalue weighted by Crippen LogP contribution is -2.56. The van der Waals surface area contributed by atoms with E-state index in [0.29, 0.717) is 44.3 Å². The molecule has 0 aromatic carbocycles. The molecule has 1 amide bonds. The van der Waals surface area contributed by atoms with Crippen molar-refractivity contribution in [2.24, 2.45) is 0 Å². The predicted molar refractivity (Wildman–Crippen MR) is 111 cm³/mol. The van der Waals surface area contributed by atoms with Crippen LogP contribution in [0.2, 0.25) is 0 Å². The van der Waals surface area contributed by atoms with Crippen LogP contribution in [0.4, 0.5) is 38.1 Å². The second kappa shape index (κ2) is 9.34. The van der Waals surface area contributed by atoms with Crippen molar-refractivity contribution in [1.29, 1.82) is 0 Å². The van der Waals surface area contributed by atoms with E-state index in [1.807, 2.05) is 5.10 Å². The van der Waals surface area contributed by atoms with Gasteiger partial charge >= 0.3 is 12.4 Å². The Kier molecular flexibility index (Phi) is 6.60. The lowest BCUT2D eigenvalue weighted by molar-refractivity contribution is -0.139. The number of nitrogens with one attached hydrogen (secondary N) is 1. The van der Waals surface area contributed by atoms with Crippen LogP contribution < -0.4 is 15.4 Å². The zero-order chi connectivity index (χ0) is 25.4. The van der Waals surface area contributed by atoms with Crippen molar-refractivity contribution in [2.45, 2.75) is 37.7 Å². The smallest absolute Gasteiger partial charge is 0.343 e. The van der Waals surface area contributed by atoms with Gasteiger partial charge in [-0.1, -0.05) is 0 Å². The lowest BCUT2D eigenvalue weighted by Gasteiger charge is -2.41. The van der Waals surface area contributed by atoms with Crippen LogP contribution in [0.25, 0.3) is 0 Å². The van der Waals surface area contributed by atoms with Crippen LogP contribution in [0.1, 0.15) is 30.4 Å². The minimum absolute atomic E-state index is 0.113. The molecule has 4 heterocycles. The molecule has 1 N–H and O–H groups in total. The highest BCUT2D eigenvalue weighted by Gasteiger charge is 2.38. The maximum atomic E-state index is 13.3. The van der Waals surface area contributed by atoms with E-state index in [1.165, 1.54) is 4.90 Å². The van der Waals surface area contributed by atoms with Crippen molar-refractivity contribution in [3.63, 3.8) is 0 Å². The highest BCUT2D eigenvalue weighted by molar-refractivity contribution is 5.85. The van der Waals surface area contributed by atoms with Gasteiger partial charge in [-0.15, -0.1) is 0 Å². The van der Waals surface area contributed by atoms with Crippen LogP contribution in [0.5, 0.6) is 0 Å². The summed E-state index contributed by atoms with van der Waals surface area (Å²) >= 11 is 0. The van der Waals surface area contributed by atoms with Crippen molar-refractivity contribution in [2.75, 3.05) is 42.5 Å². The lowest BCUT2D eigenvalue weighted by atomic mass is 10.00. The van der Waals surface area contributed by atoms with Crippen molar-refractivity contribution in [1.82, 2.24) is 25.1 Å². The van der Waals surface area contributed by atoms with E-state index in [-0.39, 0.29) is 43.9 Å². The molecule has 2 aliphatic heterocycles. The van der Waals surface area contributed by atoms with Gasteiger partial charge in [0.2, 0.25) is 11.9 Å². The van der Waals surface area contributed by atoms with E-state index in [2.05, 4.69) is 15.1 Å². The van der Waals surface area contributed by atoms with Crippen molar-refractivity contribution >= 4 is 17.7 Å². The van der Waals surface area contributed by atoms with Gasteiger partial charge in [-0.25, -0.2) is 15.1 Å². The molecule has 1 unspecified atom stereocenters. The second-order valence-corrected chi connectivity index (χ2v) is 8.25. The van der Waals surface area contributed by atoms with Crippen LogP contribution in [0.15, 0.2) is 23.3 Å². The summed E-state index contributed by atoms with van der Waals surface area (Å²) in [6, 6.07) is -0.0956. The minimum Gasteiger partial charge on any atom is -0.343 e. The number of anilines is 2. The van der Waals surface area contributed by atoms with Gasteiger partial charge in [-0.05, 0) is 19.3 Å². The van der Waals surface area contributed by atoms with Crippen molar-refractivity contribution in [3.05, 3.63) is 39.9 Å². The van der Waals surface area contributed by atoms with Gasteiger partial charge in [0.1, 0.15) is 17.4 Å². The van der Waals surface area contributed by atoms with E-state index < -0.39 is 35.1 Å². The fourth-order valence-electron chi connectivity index (χ4n) is 4.18. The molecule has 2 aromatic heterocycles. The summed E-state index contributed by atoms with van der Waals surface area (Å²) < 4.78 is 77.7. The number of nitrogens with zero attached hydrogens (tertiary/aromatic N) is 6. The average Bonchev–Trinajstić information content (AvgIpc) is 2.83. The first-order valence-corrected chi connectivity index (χ1v) is 10.8. The zero-order valence-corrected chi connectivity index (χ0v) is 18.2. The highest BCUT2D eigenvalue weighted by Crippen LogP contribution is 2.31. The maximum absolute atomic E-state index is 13.3. The standard InChI is InChI=1S/C20H21F6N7O2/c21-19(22,23)12-10-27-18(28-11-12)32-7-5-31(6-8-32)17(35)14-3-1-2-4-33(14)15-9-13(20(24,25)26)16(34)30-29-15/h9-11,14H,1-8H2,(H,30,34). The Balaban J connectivity index is 1.45. The summed E-state index contributed by atoms with van der Waals surface area (Å²) in [6.07, 6.45) is -6.26. The van der Waals surface area contributed by atoms with E-state index in [4.69, 9.17) is 0 Å². The molecule has 2 aliphatic rings. The van der Waals surface area contributed by atoms with Crippen LogP contribution >= 0.6 is 0 Å². The van der Waals surface area contributed by atoms with Gasteiger partial charge < -0.3 is 14.7 Å². The normalized spacial score (nSPS) is 19.7. The number of piperidine rings is 1. The van der Waals surface area contributed by atoms with E-state index in [1.54, 1.807) is 9.80 Å². The topological polar surface area (TPSA) is 98.3 Å². The van der Waals surface area contributed by atoms with Gasteiger partial charge in [-0.3, -0.25) is 9.59 Å². The Morgan fingerprint density at radius 1 is 0.943 bits per heavy atom. The maximum Gasteiger partial charge on any atom is 0.421 e. The van der Waals surface area contributed by atoms with Crippen LogP contribution in [0, 0.1) is 0 Å². The third-order valence-corrected chi connectivity index (χ3v) is 6.02. The van der Waals surface area contributed by atoms with Gasteiger partial charge in [-0.2, -0.15) is 31.4 Å². The molecule has 9 nitrogen and oxygen atoms in total. The first-order chi connectivity index (χ1) is 16.4. The number of aromatic amines is 1. The number of rotatable bonds is 3. The zero-order valence-electron chi connectivity index (χ0n) is 18.2. The fourth-order valence-corrected chi connectivity index (χ4v) is 4.18. The molecule has 0 radical (unpaired) electrons. The fraction of sp³-hybridized carbons (Fsp3) is 0.550. The summed E-state index contributed by atoms with van der Waals surface area (Å²) in [6.45, 7) is 1.32. The average molecular weight is 505 g/mol. The number of hydrogen-bond donors (Lipinski definition) is 1. The molecule has 0 spiro atoms. The molecule has 2 aromatic rings. The Bertz CT molecular complexity index is 1110. The molecule has 1 atom stereocenters. The summed E-state index contributed by atoms with van der Waals surface area (Å²) in [5.74, 6) is -0.312. The Morgan fingerprint density at radius 3 is 2.20 bits per heavy atom. The van der Waals surface area contributed by atoms with Crippen LogP contribution in [-0.4, -0.2) is 69.7 Å². The first kappa shape index (κ1) is 24.7. The Labute approximate surface area is 194 Å². The molecule has 35 heavy (non-hydrogen) atoms. The molecule has 0 bridgehead atoms. The molecule has 2 fully saturated rings. The van der Waals surface area contributed by atoms with Gasteiger partial charge in [0.05, 0.1) is 5.56 Å². The molecule has 4 rings (SSSR count). The molecular formula is C20H21F6N7O2. The number of aromatic nitrogens is 4. The number of carbonyl (C=O) groups excluding carboxylic acids is 1. The number of piperazine rings is 1. The summed E-state index contributed by atoms with van der Waals surface area (Å²) in [4.78, 5) is 37.1. The number of H-pyrrole nitrogens is 1. The monoisotopic (exact) mass is 505 g/mol. The predicted octanol–water partition coefficient (Wildman–Crippen LogP) is 2.31. The number of carbonyl (C=O) groups is 1. The second-order valence-electron chi connectivity index (χ2n) is 8.25. The van der Waals surface area contributed by atoms with Gasteiger partial charge in [0.25, 0.3) is 5.56 Å². The van der Waals surface area contributed by atoms with Crippen molar-refractivity contribution < 1.29 is 31.1 Å². The van der Waals surface area contributed by atoms with E-state index in [0.717, 1.165) is 0 Å². The van der Waals surface area contributed by atoms with Crippen LogP contribution in [-0.2, 0) is 17.1 Å². The molecule has 190 valence electrons. The molecule has 2 saturated heterocycles. The Morgan fingerprint density at radius 2 is 1.60 bits per heavy atom. The molecular weight excluding hydrogens is 484 g/mol. The quantitative estimate of drug-likeness (QED) is 0.640. The SMILES string of the molecule is O=C(C1CCCCN1c1cc(C(F)(F)F)c(=O)[nH]n1)N1CCN(c2ncc(C(F)(F)F)cn2)CC1. The Hall–Kier alpha value is -3.39. The number of halogens is 6. The minimum atomic E-state index is -4.86. The highest BCUT2D eigenvalue weighted by atomic mass is 19.4. The number of amides is 1. The summed E-state index contributed by atoms with van der Waals surface area (Å²) in [5, 5.41) is 5.61. The third kappa shape index (κ3) is 5.32. The van der Waals surface area contributed by atoms with E-state index in [9.17, 15) is 35.9 Å². The van der Waals surface area contributed by atoms with Gasteiger partial charge in [0, 0.05) is 51.2 Å². The molecule has 0 saturated carbocycles. The molecule has 0 aliphatic carbocycles. The van der Waals surface area contributed by atoms with Crippen molar-refractivity contribution in [3.8, 4) is 0 Å². The van der Waals surface area contributed by atoms with E-state index >= 15 is 0 Å². The largest absolute Gasteiger partial charge is 0.421 e. The first-order valence-electron chi connectivity index (χ1n) is 10.8. The molecule has 15 heteroatoms. The van der Waals surface area contributed by atoms with Gasteiger partial charge in [0.15, 0.2) is 0 Å². The van der Waals surface area contributed by atoms with Crippen LogP contribution in [0.3, 0.4) is 0 Å². The summed E-state index contributed by atoms with van der Waals surface area (Å²) in [5.41, 5.74) is -3.70. The number of hydrogen-bond acceptors (Lipinski definition) is 7.